The smallest absolute Gasteiger partial charge is 0.376 e. The molecule has 3 aromatic rings. The number of carbonyl (C=O) groups is 2. The van der Waals surface area contributed by atoms with E-state index in [0.717, 1.165) is 12.1 Å². The van der Waals surface area contributed by atoms with Gasteiger partial charge in [0.25, 0.3) is 5.91 Å². The molecule has 0 aliphatic rings. The molecule has 2 amide bonds. The molecule has 0 bridgehead atoms. The lowest BCUT2D eigenvalue weighted by Crippen LogP contribution is -2.22. The fraction of sp³-hybridized carbons (Fsp3) is 0.0909. The minimum absolute atomic E-state index is 0.184. The van der Waals surface area contributed by atoms with Gasteiger partial charge in [-0.15, -0.1) is 0 Å². The maximum absolute atomic E-state index is 12.8. The molecule has 0 fully saturated rings. The molecule has 0 heterocycles. The van der Waals surface area contributed by atoms with E-state index in [2.05, 4.69) is 16.0 Å². The Morgan fingerprint density at radius 3 is 2.07 bits per heavy atom. The molecule has 0 spiro atoms. The fourth-order valence-electron chi connectivity index (χ4n) is 2.66. The van der Waals surface area contributed by atoms with Gasteiger partial charge in [0.15, 0.2) is 0 Å². The van der Waals surface area contributed by atoms with Crippen LogP contribution in [0.4, 0.5) is 30.2 Å². The first-order valence-corrected chi connectivity index (χ1v) is 8.99. The predicted octanol–water partition coefficient (Wildman–Crippen LogP) is 5.01. The van der Waals surface area contributed by atoms with E-state index in [1.165, 1.54) is 12.1 Å². The summed E-state index contributed by atoms with van der Waals surface area (Å²) in [7, 11) is 0. The lowest BCUT2D eigenvalue weighted by atomic mass is 10.2. The number of benzene rings is 3. The monoisotopic (exact) mass is 413 g/mol. The van der Waals surface area contributed by atoms with Crippen molar-refractivity contribution in [1.29, 1.82) is 0 Å². The standard InChI is InChI=1S/C22H18F3N3O2/c23-22(24,25)16-8-4-9-17(12-16)26-14-20(29)27-18-10-5-11-19(13-18)28-21(30)15-6-2-1-3-7-15/h1-13,26H,14H2,(H,27,29)(H,28,30). The lowest BCUT2D eigenvalue weighted by Gasteiger charge is -2.11. The molecular formula is C22H18F3N3O2. The molecule has 30 heavy (non-hydrogen) atoms. The van der Waals surface area contributed by atoms with Crippen LogP contribution >= 0.6 is 0 Å². The zero-order chi connectivity index (χ0) is 21.6. The summed E-state index contributed by atoms with van der Waals surface area (Å²) in [5.74, 6) is -0.732. The zero-order valence-electron chi connectivity index (χ0n) is 15.7. The number of amides is 2. The van der Waals surface area contributed by atoms with E-state index in [9.17, 15) is 22.8 Å². The summed E-state index contributed by atoms with van der Waals surface area (Å²) < 4.78 is 38.3. The van der Waals surface area contributed by atoms with Gasteiger partial charge in [0.05, 0.1) is 12.1 Å². The molecule has 0 saturated carbocycles. The summed E-state index contributed by atoms with van der Waals surface area (Å²) in [5, 5.41) is 8.04. The number of alkyl halides is 3. The van der Waals surface area contributed by atoms with Gasteiger partial charge in [-0.25, -0.2) is 0 Å². The van der Waals surface area contributed by atoms with Crippen molar-refractivity contribution >= 4 is 28.9 Å². The average Bonchev–Trinajstić information content (AvgIpc) is 2.73. The highest BCUT2D eigenvalue weighted by Crippen LogP contribution is 2.30. The second-order valence-corrected chi connectivity index (χ2v) is 6.38. The molecule has 0 radical (unpaired) electrons. The van der Waals surface area contributed by atoms with Crippen molar-refractivity contribution in [3.05, 3.63) is 90.0 Å². The molecule has 3 N–H and O–H groups in total. The SMILES string of the molecule is O=C(CNc1cccc(C(F)(F)F)c1)Nc1cccc(NC(=O)c2ccccc2)c1. The van der Waals surface area contributed by atoms with Gasteiger partial charge in [-0.3, -0.25) is 9.59 Å². The van der Waals surface area contributed by atoms with E-state index < -0.39 is 17.6 Å². The Morgan fingerprint density at radius 2 is 1.37 bits per heavy atom. The summed E-state index contributed by atoms with van der Waals surface area (Å²) >= 11 is 0. The largest absolute Gasteiger partial charge is 0.416 e. The van der Waals surface area contributed by atoms with Crippen molar-refractivity contribution in [2.24, 2.45) is 0 Å². The van der Waals surface area contributed by atoms with Gasteiger partial charge < -0.3 is 16.0 Å². The Bertz CT molecular complexity index is 1040. The molecule has 154 valence electrons. The van der Waals surface area contributed by atoms with Crippen LogP contribution in [0.25, 0.3) is 0 Å². The summed E-state index contributed by atoms with van der Waals surface area (Å²) in [4.78, 5) is 24.4. The van der Waals surface area contributed by atoms with Crippen LogP contribution < -0.4 is 16.0 Å². The van der Waals surface area contributed by atoms with E-state index in [4.69, 9.17) is 0 Å². The lowest BCUT2D eigenvalue weighted by molar-refractivity contribution is -0.137. The molecular weight excluding hydrogens is 395 g/mol. The second-order valence-electron chi connectivity index (χ2n) is 6.38. The van der Waals surface area contributed by atoms with Crippen molar-refractivity contribution in [2.75, 3.05) is 22.5 Å². The molecule has 0 aromatic heterocycles. The van der Waals surface area contributed by atoms with Gasteiger partial charge in [-0.05, 0) is 48.5 Å². The molecule has 0 saturated heterocycles. The summed E-state index contributed by atoms with van der Waals surface area (Å²) in [6, 6.07) is 19.8. The molecule has 3 rings (SSSR count). The highest BCUT2D eigenvalue weighted by Gasteiger charge is 2.30. The van der Waals surface area contributed by atoms with Gasteiger partial charge in [-0.1, -0.05) is 30.3 Å². The van der Waals surface area contributed by atoms with Gasteiger partial charge >= 0.3 is 6.18 Å². The molecule has 0 unspecified atom stereocenters. The van der Waals surface area contributed by atoms with Crippen LogP contribution in [0.2, 0.25) is 0 Å². The number of rotatable bonds is 6. The Kier molecular flexibility index (Phi) is 6.36. The number of hydrogen-bond donors (Lipinski definition) is 3. The van der Waals surface area contributed by atoms with Crippen molar-refractivity contribution in [2.45, 2.75) is 6.18 Å². The van der Waals surface area contributed by atoms with Gasteiger partial charge in [-0.2, -0.15) is 13.2 Å². The normalized spacial score (nSPS) is 10.9. The van der Waals surface area contributed by atoms with Gasteiger partial charge in [0, 0.05) is 22.6 Å². The van der Waals surface area contributed by atoms with E-state index in [0.29, 0.717) is 16.9 Å². The third-order valence-electron chi connectivity index (χ3n) is 4.08. The molecule has 8 heteroatoms. The van der Waals surface area contributed by atoms with Crippen LogP contribution in [0.15, 0.2) is 78.9 Å². The van der Waals surface area contributed by atoms with Crippen LogP contribution in [-0.2, 0) is 11.0 Å². The van der Waals surface area contributed by atoms with Crippen LogP contribution in [0.1, 0.15) is 15.9 Å². The van der Waals surface area contributed by atoms with Crippen LogP contribution in [0.3, 0.4) is 0 Å². The van der Waals surface area contributed by atoms with Gasteiger partial charge in [0.2, 0.25) is 5.91 Å². The zero-order valence-corrected chi connectivity index (χ0v) is 15.7. The van der Waals surface area contributed by atoms with Crippen LogP contribution in [0.5, 0.6) is 0 Å². The number of halogens is 3. The first-order chi connectivity index (χ1) is 14.3. The third-order valence-corrected chi connectivity index (χ3v) is 4.08. The maximum Gasteiger partial charge on any atom is 0.416 e. The number of nitrogens with one attached hydrogen (secondary N) is 3. The van der Waals surface area contributed by atoms with Crippen molar-refractivity contribution in [3.8, 4) is 0 Å². The Hall–Kier alpha value is -3.81. The number of hydrogen-bond acceptors (Lipinski definition) is 3. The highest BCUT2D eigenvalue weighted by atomic mass is 19.4. The second kappa shape index (κ2) is 9.13. The fourth-order valence-corrected chi connectivity index (χ4v) is 2.66. The first kappa shape index (κ1) is 20.9. The van der Waals surface area contributed by atoms with Gasteiger partial charge in [0.1, 0.15) is 0 Å². The topological polar surface area (TPSA) is 70.2 Å². The minimum Gasteiger partial charge on any atom is -0.376 e. The maximum atomic E-state index is 12.8. The van der Waals surface area contributed by atoms with E-state index in [1.54, 1.807) is 54.6 Å². The quantitative estimate of drug-likeness (QED) is 0.532. The average molecular weight is 413 g/mol. The highest BCUT2D eigenvalue weighted by molar-refractivity contribution is 6.04. The number of carbonyl (C=O) groups excluding carboxylic acids is 2. The van der Waals surface area contributed by atoms with Crippen molar-refractivity contribution in [1.82, 2.24) is 0 Å². The summed E-state index contributed by atoms with van der Waals surface area (Å²) in [6.45, 7) is -0.220. The van der Waals surface area contributed by atoms with Crippen LogP contribution in [-0.4, -0.2) is 18.4 Å². The van der Waals surface area contributed by atoms with E-state index >= 15 is 0 Å². The molecule has 3 aromatic carbocycles. The van der Waals surface area contributed by atoms with Crippen LogP contribution in [0, 0.1) is 0 Å². The van der Waals surface area contributed by atoms with E-state index in [-0.39, 0.29) is 18.1 Å². The molecule has 0 aliphatic heterocycles. The first-order valence-electron chi connectivity index (χ1n) is 8.99. The van der Waals surface area contributed by atoms with Crippen molar-refractivity contribution in [3.63, 3.8) is 0 Å². The molecule has 0 atom stereocenters. The Balaban J connectivity index is 1.57. The minimum atomic E-state index is -4.45. The summed E-state index contributed by atoms with van der Waals surface area (Å²) in [5.41, 5.74) is 0.819. The predicted molar refractivity (Wildman–Crippen MR) is 109 cm³/mol. The molecule has 5 nitrogen and oxygen atoms in total. The van der Waals surface area contributed by atoms with E-state index in [1.807, 2.05) is 0 Å². The molecule has 0 aliphatic carbocycles. The van der Waals surface area contributed by atoms with Crippen molar-refractivity contribution < 1.29 is 22.8 Å². The number of anilines is 3. The Morgan fingerprint density at radius 1 is 0.733 bits per heavy atom. The Labute approximate surface area is 170 Å². The summed E-state index contributed by atoms with van der Waals surface area (Å²) in [6.07, 6.45) is -4.45. The third kappa shape index (κ3) is 5.84.